The molecule has 0 aromatic rings. The van der Waals surface area contributed by atoms with Crippen LogP contribution in [0.5, 0.6) is 0 Å². The first-order valence-electron chi connectivity index (χ1n) is 9.38. The molecule has 1 amide bonds. The summed E-state index contributed by atoms with van der Waals surface area (Å²) in [6.07, 6.45) is 7.07. The van der Waals surface area contributed by atoms with E-state index in [1.807, 2.05) is 0 Å². The molecule has 2 aliphatic rings. The molecule has 0 unspecified atom stereocenters. The van der Waals surface area contributed by atoms with E-state index in [-0.39, 0.29) is 18.1 Å². The highest BCUT2D eigenvalue weighted by molar-refractivity contribution is 5.76. The number of rotatable bonds is 7. The summed E-state index contributed by atoms with van der Waals surface area (Å²) < 4.78 is 5.55. The van der Waals surface area contributed by atoms with Gasteiger partial charge in [0.2, 0.25) is 5.91 Å². The highest BCUT2D eigenvalue weighted by Gasteiger charge is 2.34. The van der Waals surface area contributed by atoms with Gasteiger partial charge in [-0.3, -0.25) is 9.69 Å². The Morgan fingerprint density at radius 1 is 1.17 bits per heavy atom. The minimum atomic E-state index is 0.118. The Bertz CT molecular complexity index is 354. The predicted molar refractivity (Wildman–Crippen MR) is 93.6 cm³/mol. The molecule has 0 bridgehead atoms. The Balaban J connectivity index is 1.67. The van der Waals surface area contributed by atoms with Crippen molar-refractivity contribution in [2.45, 2.75) is 70.6 Å². The topological polar surface area (TPSA) is 44.8 Å². The number of methoxy groups -OCH3 is 1. The van der Waals surface area contributed by atoms with Crippen LogP contribution in [0.4, 0.5) is 0 Å². The van der Waals surface area contributed by atoms with Gasteiger partial charge in [0.1, 0.15) is 0 Å². The molecule has 2 rings (SSSR count). The molecule has 1 N–H and O–H groups in total. The van der Waals surface area contributed by atoms with E-state index in [4.69, 9.17) is 4.74 Å². The van der Waals surface area contributed by atoms with E-state index in [0.717, 1.165) is 26.1 Å². The van der Waals surface area contributed by atoms with Gasteiger partial charge >= 0.3 is 0 Å². The van der Waals surface area contributed by atoms with Crippen LogP contribution in [0.25, 0.3) is 0 Å². The molecule has 5 nitrogen and oxygen atoms in total. The molecule has 0 radical (unpaired) electrons. The van der Waals surface area contributed by atoms with Gasteiger partial charge < -0.3 is 15.0 Å². The molecule has 0 aromatic heterocycles. The van der Waals surface area contributed by atoms with Crippen LogP contribution in [0.15, 0.2) is 0 Å². The average molecular weight is 325 g/mol. The van der Waals surface area contributed by atoms with Crippen LogP contribution in [0.1, 0.15) is 52.4 Å². The number of nitrogens with one attached hydrogen (secondary N) is 1. The highest BCUT2D eigenvalue weighted by atomic mass is 16.5. The predicted octanol–water partition coefficient (Wildman–Crippen LogP) is 1.87. The minimum Gasteiger partial charge on any atom is -0.378 e. The van der Waals surface area contributed by atoms with Gasteiger partial charge in [-0.15, -0.1) is 0 Å². The van der Waals surface area contributed by atoms with Gasteiger partial charge in [-0.2, -0.15) is 0 Å². The van der Waals surface area contributed by atoms with Gasteiger partial charge in [0.05, 0.1) is 12.1 Å². The summed E-state index contributed by atoms with van der Waals surface area (Å²) in [4.78, 5) is 17.1. The molecule has 134 valence electrons. The van der Waals surface area contributed by atoms with Gasteiger partial charge in [-0.1, -0.05) is 12.8 Å². The smallest absolute Gasteiger partial charge is 0.220 e. The summed E-state index contributed by atoms with van der Waals surface area (Å²) in [6.45, 7) is 9.67. The van der Waals surface area contributed by atoms with Crippen LogP contribution in [0.2, 0.25) is 0 Å². The summed E-state index contributed by atoms with van der Waals surface area (Å²) in [5.74, 6) is 0.178. The van der Waals surface area contributed by atoms with Crippen molar-refractivity contribution in [2.75, 3.05) is 39.8 Å². The molecule has 2 fully saturated rings. The summed E-state index contributed by atoms with van der Waals surface area (Å²) in [5, 5.41) is 3.19. The van der Waals surface area contributed by atoms with Crippen LogP contribution in [0.3, 0.4) is 0 Å². The van der Waals surface area contributed by atoms with Crippen molar-refractivity contribution in [3.8, 4) is 0 Å². The van der Waals surface area contributed by atoms with Crippen LogP contribution in [-0.2, 0) is 9.53 Å². The lowest BCUT2D eigenvalue weighted by Crippen LogP contribution is -2.43. The minimum absolute atomic E-state index is 0.118. The Kier molecular flexibility index (Phi) is 7.80. The Morgan fingerprint density at radius 3 is 2.48 bits per heavy atom. The van der Waals surface area contributed by atoms with Crippen LogP contribution < -0.4 is 5.32 Å². The number of amides is 1. The maximum Gasteiger partial charge on any atom is 0.220 e. The van der Waals surface area contributed by atoms with Crippen molar-refractivity contribution in [2.24, 2.45) is 0 Å². The Hall–Kier alpha value is -0.650. The lowest BCUT2D eigenvalue weighted by molar-refractivity contribution is -0.122. The zero-order chi connectivity index (χ0) is 16.7. The number of hydrogen-bond donors (Lipinski definition) is 1. The van der Waals surface area contributed by atoms with Crippen molar-refractivity contribution in [3.63, 3.8) is 0 Å². The van der Waals surface area contributed by atoms with Gasteiger partial charge in [-0.05, 0) is 52.7 Å². The number of ether oxygens (including phenoxy) is 1. The molecule has 2 saturated heterocycles. The Morgan fingerprint density at radius 2 is 1.87 bits per heavy atom. The number of nitrogens with zero attached hydrogens (tertiary/aromatic N) is 2. The van der Waals surface area contributed by atoms with Crippen LogP contribution in [-0.4, -0.2) is 73.7 Å². The molecule has 0 aliphatic carbocycles. The molecular weight excluding hydrogens is 290 g/mol. The fraction of sp³-hybridized carbons (Fsp3) is 0.944. The molecule has 23 heavy (non-hydrogen) atoms. The average Bonchev–Trinajstić information content (AvgIpc) is 2.75. The third kappa shape index (κ3) is 6.05. The molecular formula is C18H35N3O2. The molecule has 0 spiro atoms. The summed E-state index contributed by atoms with van der Waals surface area (Å²) in [7, 11) is 1.74. The molecule has 2 atom stereocenters. The van der Waals surface area contributed by atoms with E-state index >= 15 is 0 Å². The monoisotopic (exact) mass is 325 g/mol. The van der Waals surface area contributed by atoms with Crippen molar-refractivity contribution in [1.29, 1.82) is 0 Å². The molecule has 0 aromatic carbocycles. The summed E-state index contributed by atoms with van der Waals surface area (Å²) in [6, 6.07) is 0.630. The first-order chi connectivity index (χ1) is 11.1. The standard InChI is InChI=1S/C18H35N3O2/c1-15(2)21-13-16(17(14-21)23-3)19-18(22)9-8-12-20-10-6-4-5-7-11-20/h15-17H,4-14H2,1-3H3,(H,19,22)/t16-,17-/m0/s1. The third-order valence-corrected chi connectivity index (χ3v) is 5.25. The van der Waals surface area contributed by atoms with E-state index in [1.165, 1.54) is 38.8 Å². The molecule has 0 saturated carbocycles. The Labute approximate surface area is 141 Å². The number of carbonyl (C=O) groups is 1. The van der Waals surface area contributed by atoms with E-state index in [1.54, 1.807) is 7.11 Å². The van der Waals surface area contributed by atoms with Crippen molar-refractivity contribution < 1.29 is 9.53 Å². The van der Waals surface area contributed by atoms with Crippen molar-refractivity contribution >= 4 is 5.91 Å². The molecule has 2 heterocycles. The second-order valence-corrected chi connectivity index (χ2v) is 7.36. The normalized spacial score (nSPS) is 27.3. The maximum absolute atomic E-state index is 12.2. The first-order valence-corrected chi connectivity index (χ1v) is 9.38. The SMILES string of the molecule is CO[C@H]1CN(C(C)C)C[C@@H]1NC(=O)CCCN1CCCCCC1. The quantitative estimate of drug-likeness (QED) is 0.776. The second kappa shape index (κ2) is 9.60. The number of likely N-dealkylation sites (tertiary alicyclic amines) is 2. The second-order valence-electron chi connectivity index (χ2n) is 7.36. The summed E-state index contributed by atoms with van der Waals surface area (Å²) in [5.41, 5.74) is 0. The van der Waals surface area contributed by atoms with Gasteiger partial charge in [0.25, 0.3) is 0 Å². The van der Waals surface area contributed by atoms with Gasteiger partial charge in [0, 0.05) is 32.7 Å². The molecule has 2 aliphatic heterocycles. The highest BCUT2D eigenvalue weighted by Crippen LogP contribution is 2.16. The molecule has 5 heteroatoms. The third-order valence-electron chi connectivity index (χ3n) is 5.25. The lowest BCUT2D eigenvalue weighted by Gasteiger charge is -2.21. The van der Waals surface area contributed by atoms with E-state index in [2.05, 4.69) is 29.0 Å². The fourth-order valence-electron chi connectivity index (χ4n) is 3.70. The van der Waals surface area contributed by atoms with Crippen LogP contribution in [0, 0.1) is 0 Å². The van der Waals surface area contributed by atoms with Crippen LogP contribution >= 0.6 is 0 Å². The van der Waals surface area contributed by atoms with Crippen molar-refractivity contribution in [3.05, 3.63) is 0 Å². The first kappa shape index (κ1) is 18.7. The number of hydrogen-bond acceptors (Lipinski definition) is 4. The fourth-order valence-corrected chi connectivity index (χ4v) is 3.70. The lowest BCUT2D eigenvalue weighted by atomic mass is 10.2. The summed E-state index contributed by atoms with van der Waals surface area (Å²) >= 11 is 0. The van der Waals surface area contributed by atoms with E-state index < -0.39 is 0 Å². The largest absolute Gasteiger partial charge is 0.378 e. The van der Waals surface area contributed by atoms with Gasteiger partial charge in [0.15, 0.2) is 0 Å². The zero-order valence-electron chi connectivity index (χ0n) is 15.2. The van der Waals surface area contributed by atoms with Gasteiger partial charge in [-0.25, -0.2) is 0 Å². The van der Waals surface area contributed by atoms with E-state index in [0.29, 0.717) is 12.5 Å². The van der Waals surface area contributed by atoms with Crippen molar-refractivity contribution in [1.82, 2.24) is 15.1 Å². The van der Waals surface area contributed by atoms with E-state index in [9.17, 15) is 4.79 Å². The maximum atomic E-state index is 12.2. The number of carbonyl (C=O) groups excluding carboxylic acids is 1. The zero-order valence-corrected chi connectivity index (χ0v) is 15.2.